The van der Waals surface area contributed by atoms with Gasteiger partial charge in [-0.15, -0.1) is 0 Å². The number of rotatable bonds is 6. The molecule has 0 fully saturated rings. The topological polar surface area (TPSA) is 64.6 Å². The molecule has 2 aromatic rings. The zero-order valence-corrected chi connectivity index (χ0v) is 15.3. The minimum absolute atomic E-state index is 0.189. The van der Waals surface area contributed by atoms with Gasteiger partial charge in [-0.2, -0.15) is 0 Å². The number of nitrogens with one attached hydrogen (secondary N) is 1. The van der Waals surface area contributed by atoms with Gasteiger partial charge in [-0.05, 0) is 52.3 Å². The summed E-state index contributed by atoms with van der Waals surface area (Å²) in [7, 11) is 1.46. The highest BCUT2D eigenvalue weighted by molar-refractivity contribution is 9.10. The Morgan fingerprint density at radius 1 is 1.22 bits per heavy atom. The summed E-state index contributed by atoms with van der Waals surface area (Å²) >= 11 is 6.63. The van der Waals surface area contributed by atoms with E-state index >= 15 is 0 Å². The molecule has 0 saturated carbocycles. The lowest BCUT2D eigenvalue weighted by molar-refractivity contribution is -0.118. The number of methoxy groups -OCH3 is 1. The van der Waals surface area contributed by atoms with Crippen molar-refractivity contribution >= 4 is 49.7 Å². The molecule has 1 N–H and O–H groups in total. The van der Waals surface area contributed by atoms with Crippen LogP contribution in [0.4, 0.5) is 5.69 Å². The van der Waals surface area contributed by atoms with Crippen molar-refractivity contribution in [3.05, 3.63) is 50.9 Å². The highest BCUT2D eigenvalue weighted by Crippen LogP contribution is 2.36. The molecular formula is C16H13Br2NO4. The number of hydrogen-bond acceptors (Lipinski definition) is 4. The van der Waals surface area contributed by atoms with E-state index in [2.05, 4.69) is 37.2 Å². The van der Waals surface area contributed by atoms with Crippen LogP contribution < -0.4 is 14.8 Å². The summed E-state index contributed by atoms with van der Waals surface area (Å²) in [6.07, 6.45) is 0.706. The minimum Gasteiger partial charge on any atom is -0.493 e. The molecular weight excluding hydrogens is 430 g/mol. The lowest BCUT2D eigenvalue weighted by Gasteiger charge is -2.13. The Balaban J connectivity index is 2.04. The van der Waals surface area contributed by atoms with Gasteiger partial charge >= 0.3 is 0 Å². The first kappa shape index (κ1) is 17.5. The zero-order chi connectivity index (χ0) is 16.8. The van der Waals surface area contributed by atoms with Crippen molar-refractivity contribution in [2.75, 3.05) is 19.0 Å². The van der Waals surface area contributed by atoms with E-state index in [1.54, 1.807) is 24.3 Å². The third-order valence-corrected chi connectivity index (χ3v) is 3.98. The Bertz CT molecular complexity index is 717. The van der Waals surface area contributed by atoms with Crippen molar-refractivity contribution in [2.45, 2.75) is 0 Å². The van der Waals surface area contributed by atoms with Crippen LogP contribution in [0.3, 0.4) is 0 Å². The number of halogens is 2. The summed E-state index contributed by atoms with van der Waals surface area (Å²) < 4.78 is 12.2. The lowest BCUT2D eigenvalue weighted by atomic mass is 10.2. The molecule has 2 aromatic carbocycles. The lowest BCUT2D eigenvalue weighted by Crippen LogP contribution is -2.20. The molecule has 7 heteroatoms. The number of carbonyl (C=O) groups excluding carboxylic acids is 2. The SMILES string of the molecule is COc1cc(C=O)cc(Br)c1OCC(=O)Nc1ccc(Br)cc1. The van der Waals surface area contributed by atoms with E-state index in [9.17, 15) is 9.59 Å². The van der Waals surface area contributed by atoms with Crippen molar-refractivity contribution in [1.29, 1.82) is 0 Å². The summed E-state index contributed by atoms with van der Waals surface area (Å²) in [4.78, 5) is 22.8. The molecule has 1 amide bonds. The van der Waals surface area contributed by atoms with Crippen LogP contribution >= 0.6 is 31.9 Å². The molecule has 5 nitrogen and oxygen atoms in total. The molecule has 0 spiro atoms. The van der Waals surface area contributed by atoms with E-state index < -0.39 is 0 Å². The largest absolute Gasteiger partial charge is 0.493 e. The highest BCUT2D eigenvalue weighted by Gasteiger charge is 2.13. The Hall–Kier alpha value is -1.86. The van der Waals surface area contributed by atoms with Gasteiger partial charge in [0.25, 0.3) is 5.91 Å². The zero-order valence-electron chi connectivity index (χ0n) is 12.1. The van der Waals surface area contributed by atoms with E-state index in [0.717, 1.165) is 4.47 Å². The number of aldehydes is 1. The fourth-order valence-electron chi connectivity index (χ4n) is 1.82. The molecule has 2 rings (SSSR count). The van der Waals surface area contributed by atoms with Crippen LogP contribution in [0.2, 0.25) is 0 Å². The van der Waals surface area contributed by atoms with Gasteiger partial charge in [-0.25, -0.2) is 0 Å². The summed E-state index contributed by atoms with van der Waals surface area (Å²) in [6, 6.07) is 10.3. The van der Waals surface area contributed by atoms with Crippen LogP contribution in [0.5, 0.6) is 11.5 Å². The van der Waals surface area contributed by atoms with Crippen LogP contribution in [0.25, 0.3) is 0 Å². The summed E-state index contributed by atoms with van der Waals surface area (Å²) in [5.41, 5.74) is 1.12. The van der Waals surface area contributed by atoms with Crippen molar-refractivity contribution in [1.82, 2.24) is 0 Å². The standard InChI is InChI=1S/C16H13Br2NO4/c1-22-14-7-10(8-20)6-13(18)16(14)23-9-15(21)19-12-4-2-11(17)3-5-12/h2-8H,9H2,1H3,(H,19,21). The molecule has 0 unspecified atom stereocenters. The molecule has 0 aromatic heterocycles. The molecule has 0 atom stereocenters. The number of hydrogen-bond donors (Lipinski definition) is 1. The average molecular weight is 443 g/mol. The van der Waals surface area contributed by atoms with E-state index in [4.69, 9.17) is 9.47 Å². The van der Waals surface area contributed by atoms with E-state index in [-0.39, 0.29) is 12.5 Å². The summed E-state index contributed by atoms with van der Waals surface area (Å²) in [5.74, 6) is 0.433. The average Bonchev–Trinajstić information content (AvgIpc) is 2.55. The van der Waals surface area contributed by atoms with Crippen LogP contribution in [-0.4, -0.2) is 25.9 Å². The maximum Gasteiger partial charge on any atom is 0.262 e. The Labute approximate surface area is 150 Å². The smallest absolute Gasteiger partial charge is 0.262 e. The van der Waals surface area contributed by atoms with Crippen molar-refractivity contribution in [3.8, 4) is 11.5 Å². The maximum atomic E-state index is 11.9. The summed E-state index contributed by atoms with van der Waals surface area (Å²) in [5, 5.41) is 2.72. The molecule has 120 valence electrons. The van der Waals surface area contributed by atoms with Crippen LogP contribution in [-0.2, 0) is 4.79 Å². The van der Waals surface area contributed by atoms with Gasteiger partial charge in [0.05, 0.1) is 11.6 Å². The first-order valence-electron chi connectivity index (χ1n) is 6.54. The molecule has 0 aliphatic heterocycles. The quantitative estimate of drug-likeness (QED) is 0.685. The first-order chi connectivity index (χ1) is 11.0. The number of ether oxygens (including phenoxy) is 2. The first-order valence-corrected chi connectivity index (χ1v) is 8.13. The second-order valence-electron chi connectivity index (χ2n) is 4.50. The van der Waals surface area contributed by atoms with Gasteiger partial charge in [0, 0.05) is 15.7 Å². The van der Waals surface area contributed by atoms with Crippen LogP contribution in [0, 0.1) is 0 Å². The van der Waals surface area contributed by atoms with Gasteiger partial charge in [0.2, 0.25) is 0 Å². The second-order valence-corrected chi connectivity index (χ2v) is 6.27. The van der Waals surface area contributed by atoms with Gasteiger partial charge in [0.1, 0.15) is 6.29 Å². The van der Waals surface area contributed by atoms with E-state index in [1.165, 1.54) is 7.11 Å². The fourth-order valence-corrected chi connectivity index (χ4v) is 2.65. The predicted octanol–water partition coefficient (Wildman–Crippen LogP) is 4.05. The van der Waals surface area contributed by atoms with Crippen LogP contribution in [0.15, 0.2) is 45.3 Å². The number of amides is 1. The maximum absolute atomic E-state index is 11.9. The molecule has 0 aliphatic carbocycles. The molecule has 0 saturated heterocycles. The van der Waals surface area contributed by atoms with Crippen molar-refractivity contribution < 1.29 is 19.1 Å². The summed E-state index contributed by atoms with van der Waals surface area (Å²) in [6.45, 7) is -0.189. The molecule has 0 bridgehead atoms. The van der Waals surface area contributed by atoms with E-state index in [0.29, 0.717) is 33.5 Å². The van der Waals surface area contributed by atoms with Crippen molar-refractivity contribution in [2.24, 2.45) is 0 Å². The Morgan fingerprint density at radius 2 is 1.91 bits per heavy atom. The van der Waals surface area contributed by atoms with Crippen molar-refractivity contribution in [3.63, 3.8) is 0 Å². The molecule has 0 heterocycles. The van der Waals surface area contributed by atoms with Gasteiger partial charge < -0.3 is 14.8 Å². The normalized spacial score (nSPS) is 10.0. The Morgan fingerprint density at radius 3 is 2.52 bits per heavy atom. The third-order valence-electron chi connectivity index (χ3n) is 2.86. The van der Waals surface area contributed by atoms with Gasteiger partial charge in [-0.3, -0.25) is 9.59 Å². The second kappa shape index (κ2) is 8.12. The molecule has 0 radical (unpaired) electrons. The molecule has 23 heavy (non-hydrogen) atoms. The monoisotopic (exact) mass is 441 g/mol. The third kappa shape index (κ3) is 4.80. The molecule has 0 aliphatic rings. The number of benzene rings is 2. The van der Waals surface area contributed by atoms with Gasteiger partial charge in [-0.1, -0.05) is 15.9 Å². The fraction of sp³-hybridized carbons (Fsp3) is 0.125. The van der Waals surface area contributed by atoms with E-state index in [1.807, 2.05) is 12.1 Å². The van der Waals surface area contributed by atoms with Crippen LogP contribution in [0.1, 0.15) is 10.4 Å². The van der Waals surface area contributed by atoms with Gasteiger partial charge in [0.15, 0.2) is 18.1 Å². The predicted molar refractivity (Wildman–Crippen MR) is 94.3 cm³/mol. The minimum atomic E-state index is -0.305. The Kier molecular flexibility index (Phi) is 6.18. The number of anilines is 1. The highest BCUT2D eigenvalue weighted by atomic mass is 79.9. The number of carbonyl (C=O) groups is 2.